The van der Waals surface area contributed by atoms with E-state index in [1.165, 1.54) is 4.90 Å². The van der Waals surface area contributed by atoms with Gasteiger partial charge >= 0.3 is 35.6 Å². The average molecular weight is 451 g/mol. The summed E-state index contributed by atoms with van der Waals surface area (Å²) in [6, 6.07) is 9.49. The molecule has 0 bridgehead atoms. The maximum Gasteiger partial charge on any atom is 1.00 e. The zero-order valence-electron chi connectivity index (χ0n) is 19.2. The van der Waals surface area contributed by atoms with Crippen molar-refractivity contribution in [2.45, 2.75) is 61.6 Å². The zero-order chi connectivity index (χ0) is 22.4. The fraction of sp³-hybridized carbons (Fsp3) is 0.609. The molecule has 4 rings (SSSR count). The van der Waals surface area contributed by atoms with Crippen molar-refractivity contribution in [1.82, 2.24) is 14.7 Å². The number of hydrogen-bond acceptors (Lipinski definition) is 6. The monoisotopic (exact) mass is 451 g/mol. The fourth-order valence-corrected chi connectivity index (χ4v) is 5.61. The number of β-amino-alcohol motifs (C(OH)–C–C–N with tert-alkyl or cyclic N) is 1. The second-order valence-electron chi connectivity index (χ2n) is 9.53. The largest absolute Gasteiger partial charge is 1.00 e. The first-order valence-electron chi connectivity index (χ1n) is 10.9. The molecule has 0 unspecified atom stereocenters. The van der Waals surface area contributed by atoms with Gasteiger partial charge in [0.05, 0.1) is 24.7 Å². The third-order valence-corrected chi connectivity index (χ3v) is 7.72. The Morgan fingerprint density at radius 1 is 1.06 bits per heavy atom. The first-order valence-corrected chi connectivity index (χ1v) is 10.9. The molecule has 1 heterocycles. The topological polar surface area (TPSA) is 104 Å². The summed E-state index contributed by atoms with van der Waals surface area (Å²) < 4.78 is 0. The maximum absolute atomic E-state index is 13.4. The molecular weight excluding hydrogens is 421 g/mol. The van der Waals surface area contributed by atoms with Gasteiger partial charge in [-0.2, -0.15) is 0 Å². The molecule has 1 saturated heterocycles. The molecule has 0 radical (unpaired) electrons. The number of imide groups is 1. The van der Waals surface area contributed by atoms with Crippen LogP contribution in [0, 0.1) is 0 Å². The zero-order valence-corrected chi connectivity index (χ0v) is 21.2. The summed E-state index contributed by atoms with van der Waals surface area (Å²) in [5.74, 6) is -1.95. The number of benzene rings is 1. The fourth-order valence-electron chi connectivity index (χ4n) is 5.61. The van der Waals surface area contributed by atoms with Gasteiger partial charge in [-0.1, -0.05) is 30.3 Å². The molecule has 2 saturated carbocycles. The Bertz CT molecular complexity index is 879. The van der Waals surface area contributed by atoms with E-state index < -0.39 is 35.6 Å². The Kier molecular flexibility index (Phi) is 7.13. The number of aliphatic carboxylic acids is 1. The van der Waals surface area contributed by atoms with Crippen LogP contribution < -0.4 is 34.7 Å². The summed E-state index contributed by atoms with van der Waals surface area (Å²) in [6.07, 6.45) is 4.11. The predicted octanol–water partition coefficient (Wildman–Crippen LogP) is -2.31. The van der Waals surface area contributed by atoms with E-state index in [9.17, 15) is 24.6 Å². The molecule has 1 aliphatic heterocycles. The van der Waals surface area contributed by atoms with E-state index in [2.05, 4.69) is 17.0 Å². The van der Waals surface area contributed by atoms with Crippen molar-refractivity contribution in [2.75, 3.05) is 27.2 Å². The van der Waals surface area contributed by atoms with E-state index in [4.69, 9.17) is 0 Å². The Labute approximate surface area is 210 Å². The molecule has 9 heteroatoms. The van der Waals surface area contributed by atoms with Gasteiger partial charge in [0, 0.05) is 5.54 Å². The predicted molar refractivity (Wildman–Crippen MR) is 111 cm³/mol. The number of rotatable bonds is 6. The van der Waals surface area contributed by atoms with Crippen LogP contribution in [0.2, 0.25) is 0 Å². The van der Waals surface area contributed by atoms with Gasteiger partial charge in [0.25, 0.3) is 5.91 Å². The van der Waals surface area contributed by atoms with Crippen LogP contribution in [0.4, 0.5) is 4.79 Å². The van der Waals surface area contributed by atoms with Gasteiger partial charge in [0.2, 0.25) is 0 Å². The van der Waals surface area contributed by atoms with Crippen LogP contribution in [0.3, 0.4) is 0 Å². The molecule has 0 atom stereocenters. The number of amides is 3. The number of hydrogen-bond donors (Lipinski definition) is 1. The van der Waals surface area contributed by atoms with Crippen LogP contribution >= 0.6 is 0 Å². The van der Waals surface area contributed by atoms with Crippen LogP contribution in [0.15, 0.2) is 30.3 Å². The summed E-state index contributed by atoms with van der Waals surface area (Å²) in [5, 5.41) is 22.0. The number of urea groups is 1. The molecule has 3 amide bonds. The number of carboxylic acid groups (broad SMARTS) is 1. The van der Waals surface area contributed by atoms with Crippen LogP contribution in [-0.2, 0) is 15.1 Å². The number of aliphatic hydroxyl groups is 1. The van der Waals surface area contributed by atoms with Gasteiger partial charge in [0.15, 0.2) is 0 Å². The van der Waals surface area contributed by atoms with Gasteiger partial charge in [0.1, 0.15) is 5.54 Å². The van der Waals surface area contributed by atoms with E-state index in [1.54, 1.807) is 0 Å². The Morgan fingerprint density at radius 3 is 2.12 bits per heavy atom. The number of carbonyl (C=O) groups excluding carboxylic acids is 3. The van der Waals surface area contributed by atoms with E-state index in [1.807, 2.05) is 32.3 Å². The van der Waals surface area contributed by atoms with Crippen molar-refractivity contribution < 1.29 is 54.2 Å². The smallest absolute Gasteiger partial charge is 0.548 e. The van der Waals surface area contributed by atoms with Crippen molar-refractivity contribution in [1.29, 1.82) is 0 Å². The second-order valence-corrected chi connectivity index (χ2v) is 9.53. The molecule has 3 aliphatic rings. The molecule has 2 aliphatic carbocycles. The number of nitrogens with zero attached hydrogens (tertiary/aromatic N) is 3. The Balaban J connectivity index is 0.00000289. The third kappa shape index (κ3) is 4.01. The molecule has 1 N–H and O–H groups in total. The normalized spacial score (nSPS) is 29.2. The molecule has 168 valence electrons. The summed E-state index contributed by atoms with van der Waals surface area (Å²) >= 11 is 0. The van der Waals surface area contributed by atoms with Gasteiger partial charge in [-0.05, 0) is 64.6 Å². The van der Waals surface area contributed by atoms with Crippen LogP contribution in [0.25, 0.3) is 0 Å². The molecule has 8 nitrogen and oxygen atoms in total. The van der Waals surface area contributed by atoms with Crippen molar-refractivity contribution in [3.63, 3.8) is 0 Å². The summed E-state index contributed by atoms with van der Waals surface area (Å²) in [7, 11) is 4.04. The van der Waals surface area contributed by atoms with Crippen molar-refractivity contribution >= 4 is 17.9 Å². The van der Waals surface area contributed by atoms with Crippen molar-refractivity contribution in [2.24, 2.45) is 0 Å². The quantitative estimate of drug-likeness (QED) is 0.385. The molecule has 1 aromatic carbocycles. The van der Waals surface area contributed by atoms with E-state index in [0.29, 0.717) is 38.5 Å². The summed E-state index contributed by atoms with van der Waals surface area (Å²) in [6.45, 7) is -0.701. The summed E-state index contributed by atoms with van der Waals surface area (Å²) in [4.78, 5) is 42.2. The average Bonchev–Trinajstić information content (AvgIpc) is 2.90. The van der Waals surface area contributed by atoms with E-state index >= 15 is 0 Å². The molecular formula is C23H30N3NaO5. The number of carboxylic acids is 1. The van der Waals surface area contributed by atoms with Gasteiger partial charge in [-0.25, -0.2) is 4.79 Å². The van der Waals surface area contributed by atoms with Gasteiger partial charge in [-0.3, -0.25) is 14.6 Å². The molecule has 1 spiro atoms. The van der Waals surface area contributed by atoms with Crippen LogP contribution in [-0.4, -0.2) is 76.0 Å². The molecule has 3 fully saturated rings. The van der Waals surface area contributed by atoms with Crippen LogP contribution in [0.5, 0.6) is 0 Å². The van der Waals surface area contributed by atoms with Crippen molar-refractivity contribution in [3.8, 4) is 0 Å². The first-order chi connectivity index (χ1) is 14.6. The standard InChI is InChI=1S/C23H31N3O5.Na/c1-24(2)22(17-7-4-3-5-8-17)11-13-23(14-12-22)19(29)25(15-18(27)28)20(30)26(23)16-21(31)9-6-10-21;/h3-5,7-8,31H,6,9-16H2,1-2H3,(H,27,28);/q;+1/p-1/t22-,23-;. The number of carbonyl (C=O) groups is 3. The Morgan fingerprint density at radius 2 is 1.66 bits per heavy atom. The SMILES string of the molecule is CN(C)[C@]1(c2ccccc2)CC[C@@]2(CC1)C(=O)N(CC(=O)[O-])C(=O)N2CC1(O)CCC1.[Na+]. The summed E-state index contributed by atoms with van der Waals surface area (Å²) in [5.41, 5.74) is -1.25. The van der Waals surface area contributed by atoms with Crippen LogP contribution in [0.1, 0.15) is 50.5 Å². The Hall–Kier alpha value is -1.45. The third-order valence-electron chi connectivity index (χ3n) is 7.72. The molecule has 1 aromatic rings. The molecule has 32 heavy (non-hydrogen) atoms. The second kappa shape index (κ2) is 9.06. The first kappa shape index (κ1) is 25.2. The van der Waals surface area contributed by atoms with Gasteiger partial charge < -0.3 is 19.9 Å². The minimum atomic E-state index is -1.47. The van der Waals surface area contributed by atoms with E-state index in [-0.39, 0.29) is 41.6 Å². The minimum absolute atomic E-state index is 0. The van der Waals surface area contributed by atoms with E-state index in [0.717, 1.165) is 16.9 Å². The van der Waals surface area contributed by atoms with Crippen molar-refractivity contribution in [3.05, 3.63) is 35.9 Å². The van der Waals surface area contributed by atoms with Gasteiger partial charge in [-0.15, -0.1) is 0 Å². The molecule has 0 aromatic heterocycles. The maximum atomic E-state index is 13.4. The minimum Gasteiger partial charge on any atom is -0.548 e.